The van der Waals surface area contributed by atoms with Crippen LogP contribution in [0.15, 0.2) is 24.3 Å². The van der Waals surface area contributed by atoms with Gasteiger partial charge in [-0.05, 0) is 26.7 Å². The van der Waals surface area contributed by atoms with E-state index in [0.717, 1.165) is 12.0 Å². The minimum absolute atomic E-state index is 0.110. The van der Waals surface area contributed by atoms with E-state index in [-0.39, 0.29) is 6.40 Å². The first kappa shape index (κ1) is 5.61. The van der Waals surface area contributed by atoms with Gasteiger partial charge in [0.05, 0.1) is 0 Å². The molecule has 0 saturated carbocycles. The number of hydrogen-bond acceptors (Lipinski definition) is 0. The lowest BCUT2D eigenvalue weighted by molar-refractivity contribution is 0.982. The number of allylic oxidation sites excluding steroid dienone is 3. The summed E-state index contributed by atoms with van der Waals surface area (Å²) in [6, 6.07) is 0. The average Bonchev–Trinajstić information content (AvgIpc) is 1.82. The molecule has 0 aromatic rings. The molecule has 0 radical (unpaired) electrons. The largest absolute Gasteiger partial charge is 0.100 e. The molecule has 0 aliphatic rings. The van der Waals surface area contributed by atoms with E-state index in [1.54, 1.807) is 0 Å². The molecule has 0 bridgehead atoms. The summed E-state index contributed by atoms with van der Waals surface area (Å²) in [5, 5.41) is 0. The number of rotatable bonds is 3. The van der Waals surface area contributed by atoms with Gasteiger partial charge in [0.15, 0.2) is 0 Å². The van der Waals surface area contributed by atoms with Gasteiger partial charge in [-0.15, -0.1) is 6.58 Å². The molecule has 0 heteroatoms. The van der Waals surface area contributed by atoms with E-state index in [1.807, 2.05) is 26.0 Å². The monoisotopic (exact) mass is 111 g/mol. The van der Waals surface area contributed by atoms with Gasteiger partial charge in [-0.1, -0.05) is 17.7 Å². The van der Waals surface area contributed by atoms with Crippen LogP contribution in [0.2, 0.25) is 0 Å². The molecule has 0 heterocycles. The topological polar surface area (TPSA) is 0 Å². The first-order valence-electron chi connectivity index (χ1n) is 3.45. The third-order valence-corrected chi connectivity index (χ3v) is 0.838. The van der Waals surface area contributed by atoms with Crippen LogP contribution in [-0.2, 0) is 0 Å². The van der Waals surface area contributed by atoms with E-state index in [2.05, 4.69) is 6.58 Å². The van der Waals surface area contributed by atoms with Crippen LogP contribution >= 0.6 is 0 Å². The van der Waals surface area contributed by atoms with Crippen LogP contribution in [0.5, 0.6) is 0 Å². The highest BCUT2D eigenvalue weighted by atomic mass is 13.9. The van der Waals surface area contributed by atoms with Crippen molar-refractivity contribution in [2.75, 3.05) is 0 Å². The first-order chi connectivity index (χ1) is 4.18. The highest BCUT2D eigenvalue weighted by molar-refractivity contribution is 4.91. The van der Waals surface area contributed by atoms with Crippen LogP contribution in [0.25, 0.3) is 0 Å². The molecule has 0 rings (SSSR count). The Hall–Kier alpha value is -0.520. The van der Waals surface area contributed by atoms with E-state index in [9.17, 15) is 0 Å². The Morgan fingerprint density at radius 1 is 1.88 bits per heavy atom. The molecule has 0 fully saturated rings. The van der Waals surface area contributed by atoms with Crippen molar-refractivity contribution in [3.05, 3.63) is 24.3 Å². The quantitative estimate of drug-likeness (QED) is 0.491. The highest BCUT2D eigenvalue weighted by Crippen LogP contribution is 1.99. The third kappa shape index (κ3) is 5.48. The van der Waals surface area contributed by atoms with Crippen molar-refractivity contribution in [1.29, 1.82) is 0 Å². The fraction of sp³-hybridized carbons (Fsp3) is 0.500. The zero-order chi connectivity index (χ0) is 7.28. The maximum absolute atomic E-state index is 7.38. The fourth-order valence-electron chi connectivity index (χ4n) is 0.405. The summed E-state index contributed by atoms with van der Waals surface area (Å²) >= 11 is 0. The summed E-state index contributed by atoms with van der Waals surface area (Å²) in [6.45, 7) is 7.54. The molecule has 0 aliphatic carbocycles. The Morgan fingerprint density at radius 2 is 2.50 bits per heavy atom. The van der Waals surface area contributed by atoms with Crippen molar-refractivity contribution in [3.8, 4) is 0 Å². The summed E-state index contributed by atoms with van der Waals surface area (Å²) in [6.07, 6.45) is 4.64. The van der Waals surface area contributed by atoms with E-state index in [1.165, 1.54) is 0 Å². The maximum Gasteiger partial charge on any atom is 0.0315 e. The lowest BCUT2D eigenvalue weighted by Crippen LogP contribution is -1.69. The van der Waals surface area contributed by atoms with Gasteiger partial charge in [0, 0.05) is 1.37 Å². The predicted molar refractivity (Wildman–Crippen MR) is 38.9 cm³/mol. The van der Waals surface area contributed by atoms with Crippen LogP contribution in [-0.4, -0.2) is 0 Å². The second kappa shape index (κ2) is 4.63. The summed E-state index contributed by atoms with van der Waals surface area (Å²) < 4.78 is 7.38. The molecule has 0 aromatic carbocycles. The summed E-state index contributed by atoms with van der Waals surface area (Å²) in [5.74, 6) is 0. The lowest BCUT2D eigenvalue weighted by Gasteiger charge is -1.90. The minimum atomic E-state index is -0.110. The summed E-state index contributed by atoms with van der Waals surface area (Å²) in [5.41, 5.74) is 0.938. The van der Waals surface area contributed by atoms with Crippen molar-refractivity contribution < 1.29 is 1.37 Å². The van der Waals surface area contributed by atoms with Crippen LogP contribution in [0.3, 0.4) is 0 Å². The molecular weight excluding hydrogens is 96.1 g/mol. The summed E-state index contributed by atoms with van der Waals surface area (Å²) in [4.78, 5) is 0. The zero-order valence-electron chi connectivity index (χ0n) is 6.65. The van der Waals surface area contributed by atoms with Gasteiger partial charge in [0.2, 0.25) is 0 Å². The van der Waals surface area contributed by atoms with Gasteiger partial charge in [0.25, 0.3) is 0 Å². The zero-order valence-corrected chi connectivity index (χ0v) is 5.65. The van der Waals surface area contributed by atoms with Crippen molar-refractivity contribution in [1.82, 2.24) is 0 Å². The molecule has 0 N–H and O–H groups in total. The Labute approximate surface area is 53.3 Å². The molecule has 1 unspecified atom stereocenters. The van der Waals surface area contributed by atoms with E-state index < -0.39 is 0 Å². The Balaban J connectivity index is 3.50. The van der Waals surface area contributed by atoms with Crippen LogP contribution in [0.4, 0.5) is 0 Å². The molecule has 0 aromatic heterocycles. The molecule has 46 valence electrons. The average molecular weight is 111 g/mol. The van der Waals surface area contributed by atoms with Crippen molar-refractivity contribution in [2.24, 2.45) is 0 Å². The fourth-order valence-corrected chi connectivity index (χ4v) is 0.405. The summed E-state index contributed by atoms with van der Waals surface area (Å²) in [7, 11) is 0. The lowest BCUT2D eigenvalue weighted by atomic mass is 10.2. The first-order valence-corrected chi connectivity index (χ1v) is 2.87. The molecule has 0 saturated heterocycles. The van der Waals surface area contributed by atoms with Crippen LogP contribution < -0.4 is 0 Å². The van der Waals surface area contributed by atoms with Gasteiger partial charge in [0.1, 0.15) is 0 Å². The van der Waals surface area contributed by atoms with E-state index in [4.69, 9.17) is 1.37 Å². The standard InChI is InChI=1S/C8H14/c1-4-5-6-7-8(2)3/h4-5H,2,6-7H2,1,3H3/b5-4+/i7D. The molecular formula is C8H14. The molecule has 0 aliphatic heterocycles. The van der Waals surface area contributed by atoms with Gasteiger partial charge in [-0.2, -0.15) is 0 Å². The SMILES string of the molecule is [2H]C(C/C=C/C)C(=C)C. The van der Waals surface area contributed by atoms with Crippen LogP contribution in [0.1, 0.15) is 28.0 Å². The Bertz CT molecular complexity index is 114. The van der Waals surface area contributed by atoms with Crippen molar-refractivity contribution in [2.45, 2.75) is 26.7 Å². The second-order valence-electron chi connectivity index (χ2n) is 1.86. The minimum Gasteiger partial charge on any atom is -0.100 e. The smallest absolute Gasteiger partial charge is 0.0315 e. The van der Waals surface area contributed by atoms with Crippen LogP contribution in [0, 0.1) is 0 Å². The molecule has 0 spiro atoms. The molecule has 8 heavy (non-hydrogen) atoms. The van der Waals surface area contributed by atoms with Gasteiger partial charge in [-0.3, -0.25) is 0 Å². The molecule has 0 amide bonds. The van der Waals surface area contributed by atoms with Crippen molar-refractivity contribution in [3.63, 3.8) is 0 Å². The normalized spacial score (nSPS) is 16.0. The van der Waals surface area contributed by atoms with Crippen molar-refractivity contribution >= 4 is 0 Å². The molecule has 1 atom stereocenters. The Morgan fingerprint density at radius 3 is 2.88 bits per heavy atom. The third-order valence-electron chi connectivity index (χ3n) is 0.838. The number of hydrogen-bond donors (Lipinski definition) is 0. The van der Waals surface area contributed by atoms with Gasteiger partial charge >= 0.3 is 0 Å². The van der Waals surface area contributed by atoms with E-state index in [0.29, 0.717) is 0 Å². The maximum atomic E-state index is 7.38. The van der Waals surface area contributed by atoms with Gasteiger partial charge < -0.3 is 0 Å². The predicted octanol–water partition coefficient (Wildman–Crippen LogP) is 2.92. The molecule has 0 nitrogen and oxygen atoms in total. The highest BCUT2D eigenvalue weighted by Gasteiger charge is 1.79. The Kier molecular flexibility index (Phi) is 3.25. The van der Waals surface area contributed by atoms with Gasteiger partial charge in [-0.25, -0.2) is 0 Å². The van der Waals surface area contributed by atoms with E-state index >= 15 is 0 Å². The second-order valence-corrected chi connectivity index (χ2v) is 1.86.